The van der Waals surface area contributed by atoms with Crippen LogP contribution in [0.3, 0.4) is 0 Å². The van der Waals surface area contributed by atoms with Crippen LogP contribution in [0.15, 0.2) is 43.7 Å². The van der Waals surface area contributed by atoms with E-state index in [2.05, 4.69) is 26.1 Å². The Labute approximate surface area is 169 Å². The average Bonchev–Trinajstić information content (AvgIpc) is 2.54. The smallest absolute Gasteiger partial charge is 0.324 e. The Morgan fingerprint density at radius 2 is 2.12 bits per heavy atom. The second-order valence-corrected chi connectivity index (χ2v) is 8.74. The molecule has 8 nitrogen and oxygen atoms in total. The molecule has 26 heavy (non-hydrogen) atoms. The fourth-order valence-corrected chi connectivity index (χ4v) is 5.08. The summed E-state index contributed by atoms with van der Waals surface area (Å²) in [7, 11) is 1.64. The highest BCUT2D eigenvalue weighted by atomic mass is 79.9. The average molecular weight is 480 g/mol. The quantitative estimate of drug-likeness (QED) is 0.573. The molecule has 2 heterocycles. The van der Waals surface area contributed by atoms with Gasteiger partial charge in [-0.25, -0.2) is 0 Å². The molecule has 0 unspecified atom stereocenters. The molecule has 3 N–H and O–H groups in total. The van der Waals surface area contributed by atoms with Gasteiger partial charge in [0.05, 0.1) is 11.9 Å². The number of anilines is 1. The number of thioether (sulfide) groups is 2. The molecule has 138 valence electrons. The lowest BCUT2D eigenvalue weighted by Gasteiger charge is -2.24. The van der Waals surface area contributed by atoms with Gasteiger partial charge in [0.1, 0.15) is 4.90 Å². The van der Waals surface area contributed by atoms with Gasteiger partial charge in [0.2, 0.25) is 0 Å². The summed E-state index contributed by atoms with van der Waals surface area (Å²) < 4.78 is 1.63. The van der Waals surface area contributed by atoms with Crippen LogP contribution < -0.4 is 10.6 Å². The van der Waals surface area contributed by atoms with Crippen molar-refractivity contribution < 1.29 is 15.3 Å². The first-order valence-corrected chi connectivity index (χ1v) is 10.0. The summed E-state index contributed by atoms with van der Waals surface area (Å²) in [5.41, 5.74) is 0.455. The van der Waals surface area contributed by atoms with Gasteiger partial charge >= 0.3 is 6.10 Å². The Balaban J connectivity index is 1.84. The molecule has 0 radical (unpaired) electrons. The van der Waals surface area contributed by atoms with E-state index >= 15 is 0 Å². The highest BCUT2D eigenvalue weighted by Crippen LogP contribution is 2.37. The fourth-order valence-electron chi connectivity index (χ4n) is 2.09. The molecule has 0 bridgehead atoms. The van der Waals surface area contributed by atoms with Crippen molar-refractivity contribution in [3.63, 3.8) is 0 Å². The summed E-state index contributed by atoms with van der Waals surface area (Å²) in [6, 6.07) is 5.56. The van der Waals surface area contributed by atoms with Gasteiger partial charge in [-0.05, 0) is 17.7 Å². The maximum atomic E-state index is 12.4. The minimum Gasteiger partial charge on any atom is -0.324 e. The standard InChI is InChI=1S/C14H12BrClN4O4S2/c1-19-10-5-17-20(14(22,23)24)12(21)11(10)26-13(18-19)25-6-7-2-3-8(15)4-9(7)16/h2-5,22-24H,6H2,1H3. The predicted octanol–water partition coefficient (Wildman–Crippen LogP) is 1.95. The van der Waals surface area contributed by atoms with E-state index in [1.54, 1.807) is 13.1 Å². The van der Waals surface area contributed by atoms with E-state index < -0.39 is 11.7 Å². The molecule has 0 saturated carbocycles. The van der Waals surface area contributed by atoms with Crippen molar-refractivity contribution in [3.8, 4) is 0 Å². The molecule has 1 aliphatic rings. The minimum atomic E-state index is -3.38. The van der Waals surface area contributed by atoms with E-state index in [9.17, 15) is 20.1 Å². The Bertz CT molecular complexity index is 948. The molecule has 0 atom stereocenters. The summed E-state index contributed by atoms with van der Waals surface area (Å²) in [5.74, 6) is 0.532. The van der Waals surface area contributed by atoms with Crippen molar-refractivity contribution in [1.29, 1.82) is 0 Å². The number of benzene rings is 1. The van der Waals surface area contributed by atoms with Gasteiger partial charge in [0, 0.05) is 22.3 Å². The van der Waals surface area contributed by atoms with Crippen LogP contribution in [0, 0.1) is 0 Å². The molecule has 3 rings (SSSR count). The highest BCUT2D eigenvalue weighted by molar-refractivity contribution is 9.10. The number of fused-ring (bicyclic) bond motifs is 1. The number of rotatable bonds is 3. The largest absolute Gasteiger partial charge is 0.392 e. The zero-order valence-corrected chi connectivity index (χ0v) is 17.1. The van der Waals surface area contributed by atoms with Crippen LogP contribution in [-0.2, 0) is 11.8 Å². The summed E-state index contributed by atoms with van der Waals surface area (Å²) >= 11 is 12.0. The molecular weight excluding hydrogens is 468 g/mol. The van der Waals surface area contributed by atoms with E-state index in [-0.39, 0.29) is 9.58 Å². The number of aliphatic hydroxyl groups is 3. The van der Waals surface area contributed by atoms with E-state index in [0.717, 1.165) is 21.8 Å². The third-order valence-electron chi connectivity index (χ3n) is 3.33. The lowest BCUT2D eigenvalue weighted by Crippen LogP contribution is -2.43. The van der Waals surface area contributed by atoms with Gasteiger partial charge in [-0.1, -0.05) is 57.1 Å². The van der Waals surface area contributed by atoms with Gasteiger partial charge < -0.3 is 15.3 Å². The normalized spacial score (nSPS) is 14.2. The van der Waals surface area contributed by atoms with Crippen molar-refractivity contribution in [3.05, 3.63) is 49.8 Å². The fraction of sp³-hybridized carbons (Fsp3) is 0.214. The molecule has 1 aromatic heterocycles. The number of hydrazone groups is 1. The van der Waals surface area contributed by atoms with Gasteiger partial charge in [0.15, 0.2) is 4.38 Å². The Kier molecular flexibility index (Phi) is 5.68. The molecule has 12 heteroatoms. The molecule has 0 fully saturated rings. The van der Waals surface area contributed by atoms with Crippen LogP contribution in [0.5, 0.6) is 0 Å². The van der Waals surface area contributed by atoms with Gasteiger partial charge in [-0.2, -0.15) is 10.2 Å². The molecular formula is C14H12BrClN4O4S2. The van der Waals surface area contributed by atoms with E-state index in [1.807, 2.05) is 12.1 Å². The first-order chi connectivity index (χ1) is 12.2. The number of halogens is 2. The van der Waals surface area contributed by atoms with Gasteiger partial charge in [-0.15, -0.1) is 4.68 Å². The lowest BCUT2D eigenvalue weighted by molar-refractivity contribution is -0.383. The third-order valence-corrected chi connectivity index (χ3v) is 6.41. The first-order valence-electron chi connectivity index (χ1n) is 7.03. The van der Waals surface area contributed by atoms with Crippen LogP contribution in [0.2, 0.25) is 5.02 Å². The van der Waals surface area contributed by atoms with Gasteiger partial charge in [0.25, 0.3) is 5.56 Å². The van der Waals surface area contributed by atoms with Crippen LogP contribution >= 0.6 is 51.1 Å². The lowest BCUT2D eigenvalue weighted by atomic mass is 10.2. The zero-order chi connectivity index (χ0) is 19.1. The molecule has 1 aliphatic heterocycles. The first kappa shape index (κ1) is 19.7. The van der Waals surface area contributed by atoms with Crippen LogP contribution in [0.1, 0.15) is 5.56 Å². The molecule has 0 amide bonds. The maximum Gasteiger partial charge on any atom is 0.392 e. The molecule has 0 aliphatic carbocycles. The number of hydrogen-bond donors (Lipinski definition) is 3. The van der Waals surface area contributed by atoms with Crippen LogP contribution in [-0.4, -0.2) is 36.5 Å². The second kappa shape index (κ2) is 7.50. The second-order valence-electron chi connectivity index (χ2n) is 5.19. The Morgan fingerprint density at radius 3 is 2.77 bits per heavy atom. The Morgan fingerprint density at radius 1 is 1.38 bits per heavy atom. The summed E-state index contributed by atoms with van der Waals surface area (Å²) in [5, 5.41) is 37.7. The van der Waals surface area contributed by atoms with Crippen molar-refractivity contribution in [2.24, 2.45) is 5.10 Å². The van der Waals surface area contributed by atoms with Crippen LogP contribution in [0.4, 0.5) is 5.69 Å². The summed E-state index contributed by atoms with van der Waals surface area (Å²) in [6.45, 7) is 0. The molecule has 1 aromatic carbocycles. The van der Waals surface area contributed by atoms with Crippen molar-refractivity contribution >= 4 is 61.1 Å². The van der Waals surface area contributed by atoms with Gasteiger partial charge in [-0.3, -0.25) is 9.80 Å². The number of nitrogens with zero attached hydrogens (tertiary/aromatic N) is 4. The number of aromatic nitrogens is 2. The van der Waals surface area contributed by atoms with Crippen molar-refractivity contribution in [2.75, 3.05) is 12.1 Å². The Hall–Kier alpha value is -1.08. The topological polar surface area (TPSA) is 111 Å². The predicted molar refractivity (Wildman–Crippen MR) is 105 cm³/mol. The van der Waals surface area contributed by atoms with E-state index in [1.165, 1.54) is 23.0 Å². The zero-order valence-electron chi connectivity index (χ0n) is 13.1. The summed E-state index contributed by atoms with van der Waals surface area (Å²) in [4.78, 5) is 12.6. The number of hydrogen-bond acceptors (Lipinski definition) is 9. The van der Waals surface area contributed by atoms with Crippen LogP contribution in [0.25, 0.3) is 0 Å². The SMILES string of the molecule is CN1N=C(SCc2ccc(Br)cc2Cl)Sc2c1cnn(C(O)(O)O)c2=O. The van der Waals surface area contributed by atoms with Crippen molar-refractivity contribution in [1.82, 2.24) is 9.78 Å². The minimum absolute atomic E-state index is 0.170. The summed E-state index contributed by atoms with van der Waals surface area (Å²) in [6.07, 6.45) is -2.16. The maximum absolute atomic E-state index is 12.4. The molecule has 2 aromatic rings. The monoisotopic (exact) mass is 478 g/mol. The third kappa shape index (κ3) is 4.09. The van der Waals surface area contributed by atoms with E-state index in [0.29, 0.717) is 20.8 Å². The molecule has 0 saturated heterocycles. The highest BCUT2D eigenvalue weighted by Gasteiger charge is 2.30. The van der Waals surface area contributed by atoms with E-state index in [4.69, 9.17) is 11.6 Å². The molecule has 0 spiro atoms. The van der Waals surface area contributed by atoms with Crippen molar-refractivity contribution in [2.45, 2.75) is 16.7 Å².